The molecular weight excluding hydrogens is 647 g/mol. The summed E-state index contributed by atoms with van der Waals surface area (Å²) in [4.78, 5) is 21.1. The summed E-state index contributed by atoms with van der Waals surface area (Å²) in [7, 11) is 0. The summed E-state index contributed by atoms with van der Waals surface area (Å²) in [6.45, 7) is 0. The Morgan fingerprint density at radius 1 is 0.358 bits per heavy atom. The minimum atomic E-state index is 0.672. The SMILES string of the molecule is c1ccc(-c2ccc(-c3nc(-c4ccccc4)c(-c4cccc(-c5nc6ccccc6c6nc7ccccn7c56)c4)c(-c4ccccc4)n3)cc2)cc1. The van der Waals surface area contributed by atoms with Gasteiger partial charge in [-0.25, -0.2) is 19.9 Å². The van der Waals surface area contributed by atoms with Gasteiger partial charge in [0.15, 0.2) is 5.82 Å². The molecule has 10 aromatic rings. The molecule has 0 saturated heterocycles. The lowest BCUT2D eigenvalue weighted by Gasteiger charge is -2.18. The largest absolute Gasteiger partial charge is 0.298 e. The van der Waals surface area contributed by atoms with Gasteiger partial charge in [0.2, 0.25) is 0 Å². The maximum absolute atomic E-state index is 5.36. The van der Waals surface area contributed by atoms with Gasteiger partial charge in [-0.15, -0.1) is 0 Å². The van der Waals surface area contributed by atoms with Crippen molar-refractivity contribution in [2.24, 2.45) is 0 Å². The van der Waals surface area contributed by atoms with Crippen LogP contribution in [0, 0.1) is 0 Å². The van der Waals surface area contributed by atoms with Crippen LogP contribution in [0.15, 0.2) is 188 Å². The number of aromatic nitrogens is 5. The molecule has 0 spiro atoms. The zero-order chi connectivity index (χ0) is 35.1. The second-order valence-electron chi connectivity index (χ2n) is 13.1. The molecule has 0 N–H and O–H groups in total. The summed E-state index contributed by atoms with van der Waals surface area (Å²) in [6, 6.07) is 62.8. The van der Waals surface area contributed by atoms with E-state index in [0.29, 0.717) is 5.82 Å². The Morgan fingerprint density at radius 2 is 0.906 bits per heavy atom. The fourth-order valence-electron chi connectivity index (χ4n) is 7.29. The number of hydrogen-bond acceptors (Lipinski definition) is 4. The van der Waals surface area contributed by atoms with Crippen molar-refractivity contribution >= 4 is 27.6 Å². The fourth-order valence-corrected chi connectivity index (χ4v) is 7.29. The van der Waals surface area contributed by atoms with Crippen molar-refractivity contribution in [3.8, 4) is 67.4 Å². The normalized spacial score (nSPS) is 11.4. The average molecular weight is 678 g/mol. The first kappa shape index (κ1) is 30.6. The Kier molecular flexibility index (Phi) is 7.40. The molecule has 0 saturated carbocycles. The molecule has 6 aromatic carbocycles. The van der Waals surface area contributed by atoms with Gasteiger partial charge in [-0.1, -0.05) is 158 Å². The first-order valence-corrected chi connectivity index (χ1v) is 17.7. The monoisotopic (exact) mass is 677 g/mol. The molecule has 5 heteroatoms. The Labute approximate surface area is 306 Å². The predicted molar refractivity (Wildman–Crippen MR) is 216 cm³/mol. The lowest BCUT2D eigenvalue weighted by molar-refractivity contribution is 1.18. The predicted octanol–water partition coefficient (Wildman–Crippen LogP) is 11.8. The maximum atomic E-state index is 5.36. The van der Waals surface area contributed by atoms with Crippen LogP contribution in [0.3, 0.4) is 0 Å². The van der Waals surface area contributed by atoms with Crippen LogP contribution in [0.5, 0.6) is 0 Å². The second kappa shape index (κ2) is 12.8. The molecule has 10 rings (SSSR count). The minimum Gasteiger partial charge on any atom is -0.298 e. The van der Waals surface area contributed by atoms with Gasteiger partial charge < -0.3 is 0 Å². The first-order chi connectivity index (χ1) is 26.3. The highest BCUT2D eigenvalue weighted by molar-refractivity contribution is 6.09. The second-order valence-corrected chi connectivity index (χ2v) is 13.1. The molecule has 5 nitrogen and oxygen atoms in total. The molecule has 0 aliphatic heterocycles. The zero-order valence-electron chi connectivity index (χ0n) is 28.6. The number of pyridine rings is 2. The molecule has 4 heterocycles. The van der Waals surface area contributed by atoms with Gasteiger partial charge >= 0.3 is 0 Å². The van der Waals surface area contributed by atoms with Crippen LogP contribution in [-0.2, 0) is 0 Å². The van der Waals surface area contributed by atoms with E-state index in [1.54, 1.807) is 0 Å². The Hall–Kier alpha value is -7.24. The first-order valence-electron chi connectivity index (χ1n) is 17.7. The molecule has 0 bridgehead atoms. The van der Waals surface area contributed by atoms with E-state index in [1.165, 1.54) is 5.56 Å². The van der Waals surface area contributed by atoms with E-state index in [1.807, 2.05) is 48.5 Å². The standard InChI is InChI=1S/C48H31N5/c1-4-15-32(16-5-1)33-26-28-36(29-27-33)48-51-43(34-17-6-2-7-18-34)42(44(52-48)35-19-8-3-9-20-35)37-21-14-22-38(31-37)45-47-46(39-23-10-11-24-40(39)49-45)50-41-25-12-13-30-53(41)47/h1-31H. The molecule has 4 aromatic heterocycles. The van der Waals surface area contributed by atoms with Crippen LogP contribution >= 0.6 is 0 Å². The highest BCUT2D eigenvalue weighted by Gasteiger charge is 2.22. The van der Waals surface area contributed by atoms with Crippen molar-refractivity contribution < 1.29 is 0 Å². The Bertz CT molecular complexity index is 2860. The number of imidazole rings is 1. The molecule has 0 fully saturated rings. The summed E-state index contributed by atoms with van der Waals surface area (Å²) >= 11 is 0. The zero-order valence-corrected chi connectivity index (χ0v) is 28.6. The van der Waals surface area contributed by atoms with E-state index in [0.717, 1.165) is 83.6 Å². The molecule has 0 aliphatic carbocycles. The van der Waals surface area contributed by atoms with Crippen molar-refractivity contribution in [2.75, 3.05) is 0 Å². The number of benzene rings is 6. The summed E-state index contributed by atoms with van der Waals surface area (Å²) in [5, 5.41) is 1.03. The van der Waals surface area contributed by atoms with Gasteiger partial charge in [0.05, 0.1) is 28.1 Å². The fraction of sp³-hybridized carbons (Fsp3) is 0. The van der Waals surface area contributed by atoms with Gasteiger partial charge in [0, 0.05) is 39.4 Å². The molecule has 0 unspecified atom stereocenters. The van der Waals surface area contributed by atoms with Crippen molar-refractivity contribution in [1.29, 1.82) is 0 Å². The van der Waals surface area contributed by atoms with Gasteiger partial charge in [0.1, 0.15) is 11.2 Å². The summed E-state index contributed by atoms with van der Waals surface area (Å²) in [6.07, 6.45) is 2.06. The van der Waals surface area contributed by atoms with E-state index in [9.17, 15) is 0 Å². The van der Waals surface area contributed by atoms with Gasteiger partial charge in [-0.05, 0) is 41.0 Å². The minimum absolute atomic E-state index is 0.672. The molecule has 0 amide bonds. The summed E-state index contributed by atoms with van der Waals surface area (Å²) in [5.41, 5.74) is 14.6. The van der Waals surface area contributed by atoms with Gasteiger partial charge in [0.25, 0.3) is 0 Å². The number of para-hydroxylation sites is 1. The smallest absolute Gasteiger partial charge is 0.160 e. The quantitative estimate of drug-likeness (QED) is 0.176. The lowest BCUT2D eigenvalue weighted by atomic mass is 9.92. The number of hydrogen-bond donors (Lipinski definition) is 0. The van der Waals surface area contributed by atoms with E-state index >= 15 is 0 Å². The third-order valence-electron chi connectivity index (χ3n) is 9.82. The highest BCUT2D eigenvalue weighted by atomic mass is 15.0. The van der Waals surface area contributed by atoms with Crippen molar-refractivity contribution in [2.45, 2.75) is 0 Å². The van der Waals surface area contributed by atoms with Crippen LogP contribution in [-0.4, -0.2) is 24.3 Å². The molecule has 248 valence electrons. The van der Waals surface area contributed by atoms with Crippen LogP contribution in [0.4, 0.5) is 0 Å². The van der Waals surface area contributed by atoms with Crippen molar-refractivity contribution in [3.63, 3.8) is 0 Å². The number of fused-ring (bicyclic) bond motifs is 5. The van der Waals surface area contributed by atoms with E-state index < -0.39 is 0 Å². The molecule has 0 aliphatic rings. The van der Waals surface area contributed by atoms with Crippen LogP contribution in [0.1, 0.15) is 0 Å². The molecule has 53 heavy (non-hydrogen) atoms. The number of nitrogens with zero attached hydrogens (tertiary/aromatic N) is 5. The molecule has 0 atom stereocenters. The Morgan fingerprint density at radius 3 is 1.60 bits per heavy atom. The van der Waals surface area contributed by atoms with Gasteiger partial charge in [-0.3, -0.25) is 4.40 Å². The van der Waals surface area contributed by atoms with Crippen LogP contribution in [0.25, 0.3) is 95.0 Å². The van der Waals surface area contributed by atoms with Crippen LogP contribution in [0.2, 0.25) is 0 Å². The third-order valence-corrected chi connectivity index (χ3v) is 9.82. The van der Waals surface area contributed by atoms with E-state index in [2.05, 4.69) is 144 Å². The topological polar surface area (TPSA) is 56.0 Å². The van der Waals surface area contributed by atoms with Crippen molar-refractivity contribution in [1.82, 2.24) is 24.3 Å². The van der Waals surface area contributed by atoms with E-state index in [4.69, 9.17) is 19.9 Å². The Balaban J connectivity index is 1.21. The molecule has 0 radical (unpaired) electrons. The maximum Gasteiger partial charge on any atom is 0.160 e. The van der Waals surface area contributed by atoms with Crippen LogP contribution < -0.4 is 0 Å². The highest BCUT2D eigenvalue weighted by Crippen LogP contribution is 2.42. The molecular formula is C48H31N5. The number of rotatable bonds is 6. The average Bonchev–Trinajstić information content (AvgIpc) is 3.64. The summed E-state index contributed by atoms with van der Waals surface area (Å²) < 4.78 is 2.14. The lowest BCUT2D eigenvalue weighted by Crippen LogP contribution is -2.01. The van der Waals surface area contributed by atoms with E-state index in [-0.39, 0.29) is 0 Å². The van der Waals surface area contributed by atoms with Gasteiger partial charge in [-0.2, -0.15) is 0 Å². The van der Waals surface area contributed by atoms with Crippen molar-refractivity contribution in [3.05, 3.63) is 188 Å². The summed E-state index contributed by atoms with van der Waals surface area (Å²) in [5.74, 6) is 0.672. The third kappa shape index (κ3) is 5.43.